The molecule has 1 N–H and O–H groups in total. The molecule has 0 spiro atoms. The summed E-state index contributed by atoms with van der Waals surface area (Å²) in [6.07, 6.45) is 0. The van der Waals surface area contributed by atoms with Crippen molar-refractivity contribution >= 4 is 55.6 Å². The Bertz CT molecular complexity index is 766. The minimum absolute atomic E-state index is 0.171. The molecule has 1 amide bonds. The largest absolute Gasteiger partial charge is 0.320 e. The zero-order chi connectivity index (χ0) is 14.1. The van der Waals surface area contributed by atoms with Gasteiger partial charge in [-0.25, -0.2) is 4.39 Å². The summed E-state index contributed by atoms with van der Waals surface area (Å²) in [5.41, 5.74) is 0.620. The fraction of sp³-hybridized carbons (Fsp3) is 0. The van der Waals surface area contributed by atoms with Crippen LogP contribution in [0.2, 0.25) is 0 Å². The lowest BCUT2D eigenvalue weighted by Gasteiger charge is -2.05. The van der Waals surface area contributed by atoms with Crippen molar-refractivity contribution in [2.75, 3.05) is 5.32 Å². The standard InChI is InChI=1S/C15H9FINOS/c16-10-5-6-12(11(17)8-10)18-15(19)14-7-9-3-1-2-4-13(9)20-14/h1-8H,(H,18,19). The van der Waals surface area contributed by atoms with E-state index in [1.54, 1.807) is 6.07 Å². The highest BCUT2D eigenvalue weighted by Gasteiger charge is 2.12. The van der Waals surface area contributed by atoms with Gasteiger partial charge in [-0.15, -0.1) is 11.3 Å². The van der Waals surface area contributed by atoms with Gasteiger partial charge >= 0.3 is 0 Å². The lowest BCUT2D eigenvalue weighted by Crippen LogP contribution is -2.11. The van der Waals surface area contributed by atoms with Crippen molar-refractivity contribution in [3.8, 4) is 0 Å². The summed E-state index contributed by atoms with van der Waals surface area (Å²) in [4.78, 5) is 12.9. The van der Waals surface area contributed by atoms with Crippen LogP contribution in [-0.4, -0.2) is 5.91 Å². The third-order valence-corrected chi connectivity index (χ3v) is 4.84. The summed E-state index contributed by atoms with van der Waals surface area (Å²) in [5.74, 6) is -0.481. The summed E-state index contributed by atoms with van der Waals surface area (Å²) in [5, 5.41) is 3.86. The molecule has 1 aromatic heterocycles. The number of amides is 1. The second-order valence-electron chi connectivity index (χ2n) is 4.23. The van der Waals surface area contributed by atoms with Crippen LogP contribution in [0.4, 0.5) is 10.1 Å². The quantitative estimate of drug-likeness (QED) is 0.613. The molecule has 1 heterocycles. The molecule has 0 unspecified atom stereocenters. The normalized spacial score (nSPS) is 10.7. The van der Waals surface area contributed by atoms with Crippen LogP contribution in [0.15, 0.2) is 48.5 Å². The molecule has 0 bridgehead atoms. The van der Waals surface area contributed by atoms with Crippen LogP contribution in [0.25, 0.3) is 10.1 Å². The molecule has 3 rings (SSSR count). The monoisotopic (exact) mass is 397 g/mol. The van der Waals surface area contributed by atoms with E-state index in [2.05, 4.69) is 5.32 Å². The molecule has 3 aromatic rings. The first-order valence-electron chi connectivity index (χ1n) is 5.88. The summed E-state index contributed by atoms with van der Waals surface area (Å²) < 4.78 is 14.8. The maximum atomic E-state index is 13.0. The van der Waals surface area contributed by atoms with Gasteiger partial charge in [0.25, 0.3) is 5.91 Å². The molecular formula is C15H9FINOS. The SMILES string of the molecule is O=C(Nc1ccc(F)cc1I)c1cc2ccccc2s1. The summed E-state index contributed by atoms with van der Waals surface area (Å²) in [7, 11) is 0. The first-order chi connectivity index (χ1) is 9.63. The molecule has 5 heteroatoms. The fourth-order valence-corrected chi connectivity index (χ4v) is 3.44. The number of anilines is 1. The Kier molecular flexibility index (Phi) is 3.71. The number of hydrogen-bond acceptors (Lipinski definition) is 2. The van der Waals surface area contributed by atoms with Crippen molar-refractivity contribution in [3.63, 3.8) is 0 Å². The molecule has 0 saturated carbocycles. The van der Waals surface area contributed by atoms with Gasteiger partial charge in [-0.1, -0.05) is 18.2 Å². The first kappa shape index (κ1) is 13.5. The minimum atomic E-state index is -0.311. The first-order valence-corrected chi connectivity index (χ1v) is 7.78. The Balaban J connectivity index is 1.89. The number of carbonyl (C=O) groups is 1. The van der Waals surface area contributed by atoms with Crippen LogP contribution in [0.5, 0.6) is 0 Å². The van der Waals surface area contributed by atoms with Crippen molar-refractivity contribution in [1.29, 1.82) is 0 Å². The number of thiophene rings is 1. The van der Waals surface area contributed by atoms with E-state index in [-0.39, 0.29) is 11.7 Å². The van der Waals surface area contributed by atoms with Crippen molar-refractivity contribution in [2.24, 2.45) is 0 Å². The van der Waals surface area contributed by atoms with Gasteiger partial charge in [-0.05, 0) is 58.3 Å². The lowest BCUT2D eigenvalue weighted by atomic mass is 10.2. The van der Waals surface area contributed by atoms with E-state index in [1.165, 1.54) is 23.5 Å². The molecule has 0 fully saturated rings. The Morgan fingerprint density at radius 2 is 1.95 bits per heavy atom. The number of carbonyl (C=O) groups excluding carboxylic acids is 1. The average Bonchev–Trinajstić information content (AvgIpc) is 2.86. The van der Waals surface area contributed by atoms with Crippen LogP contribution in [0.1, 0.15) is 9.67 Å². The van der Waals surface area contributed by atoms with Crippen LogP contribution >= 0.6 is 33.9 Å². The zero-order valence-electron chi connectivity index (χ0n) is 10.2. The second kappa shape index (κ2) is 5.49. The second-order valence-corrected chi connectivity index (χ2v) is 6.47. The Hall–Kier alpha value is -1.47. The van der Waals surface area contributed by atoms with Gasteiger partial charge in [0.15, 0.2) is 0 Å². The Morgan fingerprint density at radius 1 is 1.15 bits per heavy atom. The van der Waals surface area contributed by atoms with E-state index in [1.807, 2.05) is 52.9 Å². The highest BCUT2D eigenvalue weighted by Crippen LogP contribution is 2.27. The minimum Gasteiger partial charge on any atom is -0.320 e. The smallest absolute Gasteiger partial charge is 0.265 e. The maximum absolute atomic E-state index is 13.0. The average molecular weight is 397 g/mol. The predicted octanol–water partition coefficient (Wildman–Crippen LogP) is 4.90. The highest BCUT2D eigenvalue weighted by molar-refractivity contribution is 14.1. The van der Waals surface area contributed by atoms with E-state index in [4.69, 9.17) is 0 Å². The van der Waals surface area contributed by atoms with Gasteiger partial charge in [0.1, 0.15) is 5.82 Å². The molecule has 2 aromatic carbocycles. The summed E-state index contributed by atoms with van der Waals surface area (Å²) in [6.45, 7) is 0. The molecular weight excluding hydrogens is 388 g/mol. The molecule has 0 radical (unpaired) electrons. The molecule has 0 atom stereocenters. The number of fused-ring (bicyclic) bond motifs is 1. The van der Waals surface area contributed by atoms with E-state index >= 15 is 0 Å². The van der Waals surface area contributed by atoms with Crippen LogP contribution < -0.4 is 5.32 Å². The maximum Gasteiger partial charge on any atom is 0.265 e. The van der Waals surface area contributed by atoms with E-state index in [0.717, 1.165) is 10.1 Å². The Labute approximate surface area is 132 Å². The van der Waals surface area contributed by atoms with Gasteiger partial charge in [0.05, 0.1) is 10.6 Å². The van der Waals surface area contributed by atoms with E-state index in [9.17, 15) is 9.18 Å². The number of halogens is 2. The van der Waals surface area contributed by atoms with Gasteiger partial charge in [-0.2, -0.15) is 0 Å². The molecule has 0 aliphatic carbocycles. The number of hydrogen-bond donors (Lipinski definition) is 1. The van der Waals surface area contributed by atoms with Crippen molar-refractivity contribution in [1.82, 2.24) is 0 Å². The summed E-state index contributed by atoms with van der Waals surface area (Å²) >= 11 is 3.45. The van der Waals surface area contributed by atoms with Crippen LogP contribution in [0.3, 0.4) is 0 Å². The lowest BCUT2D eigenvalue weighted by molar-refractivity contribution is 0.103. The Morgan fingerprint density at radius 3 is 2.70 bits per heavy atom. The number of rotatable bonds is 2. The fourth-order valence-electron chi connectivity index (χ4n) is 1.87. The molecule has 0 saturated heterocycles. The third-order valence-electron chi connectivity index (χ3n) is 2.83. The molecule has 100 valence electrons. The van der Waals surface area contributed by atoms with Gasteiger partial charge in [0.2, 0.25) is 0 Å². The molecule has 0 aliphatic heterocycles. The van der Waals surface area contributed by atoms with Crippen LogP contribution in [-0.2, 0) is 0 Å². The summed E-state index contributed by atoms with van der Waals surface area (Å²) in [6, 6.07) is 14.0. The van der Waals surface area contributed by atoms with Gasteiger partial charge in [0, 0.05) is 8.27 Å². The van der Waals surface area contributed by atoms with Crippen molar-refractivity contribution < 1.29 is 9.18 Å². The number of benzene rings is 2. The molecule has 20 heavy (non-hydrogen) atoms. The van der Waals surface area contributed by atoms with Gasteiger partial charge in [-0.3, -0.25) is 4.79 Å². The van der Waals surface area contributed by atoms with Crippen LogP contribution in [0, 0.1) is 9.39 Å². The highest BCUT2D eigenvalue weighted by atomic mass is 127. The van der Waals surface area contributed by atoms with Crippen molar-refractivity contribution in [2.45, 2.75) is 0 Å². The predicted molar refractivity (Wildman–Crippen MR) is 88.9 cm³/mol. The number of nitrogens with one attached hydrogen (secondary N) is 1. The zero-order valence-corrected chi connectivity index (χ0v) is 13.2. The topological polar surface area (TPSA) is 29.1 Å². The third kappa shape index (κ3) is 2.69. The van der Waals surface area contributed by atoms with E-state index < -0.39 is 0 Å². The van der Waals surface area contributed by atoms with E-state index in [0.29, 0.717) is 14.1 Å². The molecule has 2 nitrogen and oxygen atoms in total. The van der Waals surface area contributed by atoms with Crippen molar-refractivity contribution in [3.05, 3.63) is 62.8 Å². The molecule has 0 aliphatic rings. The van der Waals surface area contributed by atoms with Gasteiger partial charge < -0.3 is 5.32 Å².